The van der Waals surface area contributed by atoms with Crippen LogP contribution in [-0.4, -0.2) is 164 Å². The second kappa shape index (κ2) is 45.6. The number of thioether (sulfide) groups is 5. The van der Waals surface area contributed by atoms with Crippen molar-refractivity contribution in [3.8, 4) is 0 Å². The van der Waals surface area contributed by atoms with E-state index < -0.39 is 0 Å². The first kappa shape index (κ1) is 78.5. The van der Waals surface area contributed by atoms with Crippen LogP contribution in [-0.2, 0) is 19.1 Å². The summed E-state index contributed by atoms with van der Waals surface area (Å²) in [6.07, 6.45) is 17.9. The fourth-order valence-corrected chi connectivity index (χ4v) is 18.3. The van der Waals surface area contributed by atoms with Gasteiger partial charge in [-0.05, 0) is 200 Å². The molecule has 0 aromatic heterocycles. The van der Waals surface area contributed by atoms with Crippen LogP contribution in [0, 0.1) is 65.1 Å². The monoisotopic (exact) mass is 1250 g/mol. The predicted octanol–water partition coefficient (Wildman–Crippen LogP) is 17.2. The van der Waals surface area contributed by atoms with Crippen molar-refractivity contribution in [1.82, 2.24) is 14.7 Å². The number of imide groups is 1. The number of carbonyl (C=O) groups excluding carboxylic acids is 3. The number of rotatable bonds is 45. The molecule has 9 nitrogen and oxygen atoms in total. The Morgan fingerprint density at radius 3 is 1.70 bits per heavy atom. The molecule has 484 valence electrons. The van der Waals surface area contributed by atoms with Crippen LogP contribution in [0.4, 0.5) is 11.4 Å². The Hall–Kier alpha value is -0.580. The van der Waals surface area contributed by atoms with Crippen molar-refractivity contribution in [2.45, 2.75) is 196 Å². The summed E-state index contributed by atoms with van der Waals surface area (Å²) in [5, 5.41) is 1.35. The molecule has 2 aliphatic rings. The number of benzene rings is 1. The summed E-state index contributed by atoms with van der Waals surface area (Å²) >= 11 is 10.3. The number of carbonyl (C=O) groups is 3. The molecule has 2 saturated heterocycles. The topological polar surface area (TPSA) is 76.6 Å². The minimum Gasteiger partial charge on any atom is -0.360 e. The summed E-state index contributed by atoms with van der Waals surface area (Å²) in [5.74, 6) is 13.1. The summed E-state index contributed by atoms with van der Waals surface area (Å²) < 4.78 is 6.43. The number of ether oxygens (including phenoxy) is 1. The number of amides is 3. The van der Waals surface area contributed by atoms with Crippen LogP contribution in [0.25, 0.3) is 0 Å². The standard InChI is InChI=1S/C63H115N5O4S4.C6H14S/c1-16-23-51(17-2)60(76-41-37-66(14)15)27-22-25-50(45-74-40-36-65(12)13)43-58-56(19-4)62(70)68(63(58)71)55-32-30-54(31-33-55)67-46-72-44-53(34-38-73-39-35-64(10)11)57(61(67)69)42-48(8)24-21-26-59(75-20-5)52(18-3)29-28-49(9)47(6)7;1-4-7-5-6(2)3/h30-33,47-53,56-60H,16-29,34-46H2,1-15H3;6H,4-5H2,1-3H3. The number of hydrogen-bond donors (Lipinski definition) is 0. The van der Waals surface area contributed by atoms with Gasteiger partial charge >= 0.3 is 0 Å². The maximum absolute atomic E-state index is 15.0. The lowest BCUT2D eigenvalue weighted by molar-refractivity contribution is -0.124. The molecule has 2 fully saturated rings. The van der Waals surface area contributed by atoms with Crippen molar-refractivity contribution in [2.24, 2.45) is 65.1 Å². The molecule has 11 atom stereocenters. The van der Waals surface area contributed by atoms with E-state index in [1.54, 1.807) is 0 Å². The van der Waals surface area contributed by atoms with Gasteiger partial charge in [-0.3, -0.25) is 24.2 Å². The van der Waals surface area contributed by atoms with Crippen molar-refractivity contribution in [3.63, 3.8) is 0 Å². The second-order valence-electron chi connectivity index (χ2n) is 26.4. The predicted molar refractivity (Wildman–Crippen MR) is 378 cm³/mol. The van der Waals surface area contributed by atoms with Gasteiger partial charge in [0, 0.05) is 59.0 Å². The van der Waals surface area contributed by atoms with E-state index >= 15 is 4.79 Å². The second-order valence-corrected chi connectivity index (χ2v) is 32.9. The van der Waals surface area contributed by atoms with E-state index in [1.165, 1.54) is 74.2 Å². The highest BCUT2D eigenvalue weighted by Gasteiger charge is 2.48. The fourth-order valence-electron chi connectivity index (χ4n) is 12.1. The SMILES string of the molecule is CCCC(CC)C(CCCC(CSCCN(C)C)CC1C(=O)N(c2ccc(N3COCC(CCSCCN(C)C)C(CC(C)CCCC(SCC)C(CC)CCC(C)C(C)C)C3=O)cc2)C(=O)C1CC)SCCN(C)C.CCSCC(C)C. The third-order valence-electron chi connectivity index (χ3n) is 17.8. The van der Waals surface area contributed by atoms with Crippen LogP contribution in [0.15, 0.2) is 24.3 Å². The lowest BCUT2D eigenvalue weighted by Crippen LogP contribution is -2.38. The highest BCUT2D eigenvalue weighted by molar-refractivity contribution is 8.00. The van der Waals surface area contributed by atoms with Crippen molar-refractivity contribution in [3.05, 3.63) is 24.3 Å². The molecule has 3 amide bonds. The molecule has 2 aliphatic heterocycles. The summed E-state index contributed by atoms with van der Waals surface area (Å²) in [6, 6.07) is 7.69. The van der Waals surface area contributed by atoms with Gasteiger partial charge in [0.1, 0.15) is 6.73 Å². The molecule has 83 heavy (non-hydrogen) atoms. The van der Waals surface area contributed by atoms with Crippen LogP contribution >= 0.6 is 58.8 Å². The lowest BCUT2D eigenvalue weighted by Gasteiger charge is -2.30. The highest BCUT2D eigenvalue weighted by atomic mass is 32.2. The van der Waals surface area contributed by atoms with E-state index in [4.69, 9.17) is 4.74 Å². The summed E-state index contributed by atoms with van der Waals surface area (Å²) in [7, 11) is 12.9. The first-order valence-corrected chi connectivity index (χ1v) is 39.0. The van der Waals surface area contributed by atoms with Crippen molar-refractivity contribution in [1.29, 1.82) is 0 Å². The molecule has 0 saturated carbocycles. The van der Waals surface area contributed by atoms with Crippen molar-refractivity contribution in [2.75, 3.05) is 131 Å². The Morgan fingerprint density at radius 2 is 1.14 bits per heavy atom. The molecule has 3 rings (SSSR count). The molecule has 2 heterocycles. The first-order valence-electron chi connectivity index (χ1n) is 33.4. The van der Waals surface area contributed by atoms with Gasteiger partial charge in [0.15, 0.2) is 0 Å². The van der Waals surface area contributed by atoms with Crippen LogP contribution < -0.4 is 9.80 Å². The quantitative estimate of drug-likeness (QED) is 0.0461. The molecule has 0 spiro atoms. The fraction of sp³-hybridized carbons (Fsp3) is 0.870. The normalized spacial score (nSPS) is 20.6. The molecule has 0 radical (unpaired) electrons. The van der Waals surface area contributed by atoms with Crippen LogP contribution in [0.1, 0.15) is 186 Å². The van der Waals surface area contributed by atoms with Gasteiger partial charge in [-0.2, -0.15) is 58.8 Å². The van der Waals surface area contributed by atoms with E-state index in [1.807, 2.05) is 64.5 Å². The molecule has 14 heteroatoms. The van der Waals surface area contributed by atoms with E-state index in [2.05, 4.69) is 164 Å². The van der Waals surface area contributed by atoms with Crippen LogP contribution in [0.5, 0.6) is 0 Å². The molecular weight excluding hydrogens is 1120 g/mol. The average molecular weight is 1250 g/mol. The Balaban J connectivity index is 0.00000314. The van der Waals surface area contributed by atoms with Gasteiger partial charge in [-0.25, -0.2) is 0 Å². The zero-order valence-electron chi connectivity index (χ0n) is 56.7. The van der Waals surface area contributed by atoms with Crippen LogP contribution in [0.2, 0.25) is 0 Å². The van der Waals surface area contributed by atoms with E-state index in [-0.39, 0.29) is 48.1 Å². The number of nitrogens with zero attached hydrogens (tertiary/aromatic N) is 5. The third kappa shape index (κ3) is 30.7. The molecule has 0 N–H and O–H groups in total. The van der Waals surface area contributed by atoms with Gasteiger partial charge in [0.2, 0.25) is 17.7 Å². The number of hydrogen-bond acceptors (Lipinski definition) is 12. The molecule has 0 bridgehead atoms. The summed E-state index contributed by atoms with van der Waals surface area (Å²) in [4.78, 5) is 54.2. The maximum atomic E-state index is 15.0. The van der Waals surface area contributed by atoms with E-state index in [0.29, 0.717) is 41.1 Å². The lowest BCUT2D eigenvalue weighted by atomic mass is 9.81. The Morgan fingerprint density at radius 1 is 0.566 bits per heavy atom. The van der Waals surface area contributed by atoms with Gasteiger partial charge in [0.25, 0.3) is 0 Å². The molecular formula is C69H129N5O4S5. The van der Waals surface area contributed by atoms with Gasteiger partial charge in [-0.1, -0.05) is 128 Å². The first-order chi connectivity index (χ1) is 39.7. The smallest absolute Gasteiger partial charge is 0.237 e. The van der Waals surface area contributed by atoms with E-state index in [0.717, 1.165) is 128 Å². The zero-order valence-corrected chi connectivity index (χ0v) is 60.8. The molecule has 1 aromatic rings. The van der Waals surface area contributed by atoms with Crippen LogP contribution in [0.3, 0.4) is 0 Å². The van der Waals surface area contributed by atoms with Crippen molar-refractivity contribution < 1.29 is 19.1 Å². The van der Waals surface area contributed by atoms with Gasteiger partial charge in [0.05, 0.1) is 24.1 Å². The highest BCUT2D eigenvalue weighted by Crippen LogP contribution is 2.41. The average Bonchev–Trinajstić information content (AvgIpc) is 3.22. The minimum atomic E-state index is -0.325. The third-order valence-corrected chi connectivity index (χ3v) is 24.1. The van der Waals surface area contributed by atoms with Gasteiger partial charge < -0.3 is 19.4 Å². The zero-order chi connectivity index (χ0) is 61.9. The molecule has 1 aromatic carbocycles. The van der Waals surface area contributed by atoms with E-state index in [9.17, 15) is 9.59 Å². The maximum Gasteiger partial charge on any atom is 0.237 e. The minimum absolute atomic E-state index is 0.0564. The summed E-state index contributed by atoms with van der Waals surface area (Å²) in [6.45, 7) is 31.7. The Kier molecular flexibility index (Phi) is 43.2. The molecule has 0 aliphatic carbocycles. The Bertz CT molecular complexity index is 1830. The Labute approximate surface area is 534 Å². The van der Waals surface area contributed by atoms with Gasteiger partial charge in [-0.15, -0.1) is 0 Å². The number of anilines is 2. The largest absolute Gasteiger partial charge is 0.360 e. The summed E-state index contributed by atoms with van der Waals surface area (Å²) in [5.41, 5.74) is 1.38. The van der Waals surface area contributed by atoms with Crippen molar-refractivity contribution >= 4 is 87.9 Å². The molecule has 11 unspecified atom stereocenters.